The maximum absolute atomic E-state index is 11.6. The van der Waals surface area contributed by atoms with Crippen molar-refractivity contribution in [2.24, 2.45) is 5.41 Å². The maximum atomic E-state index is 11.6. The molecule has 1 aliphatic carbocycles. The minimum absolute atomic E-state index is 0.340. The van der Waals surface area contributed by atoms with Crippen LogP contribution in [-0.2, 0) is 4.79 Å². The molecule has 1 heterocycles. The quantitative estimate of drug-likeness (QED) is 0.834. The van der Waals surface area contributed by atoms with Crippen LogP contribution >= 0.6 is 0 Å². The zero-order chi connectivity index (χ0) is 13.2. The largest absolute Gasteiger partial charge is 0.341 e. The standard InChI is InChI=1S/C15H28N2O/c1-12(11-17-9-5-7-14(17)18)16-13-6-4-8-15(2,3)10-13/h12-13,16H,4-11H2,1-3H3. The minimum Gasteiger partial charge on any atom is -0.341 e. The third-order valence-corrected chi connectivity index (χ3v) is 4.39. The topological polar surface area (TPSA) is 32.3 Å². The van der Waals surface area contributed by atoms with Crippen molar-refractivity contribution >= 4 is 5.91 Å². The van der Waals surface area contributed by atoms with Gasteiger partial charge in [0, 0.05) is 31.6 Å². The number of hydrogen-bond donors (Lipinski definition) is 1. The zero-order valence-electron chi connectivity index (χ0n) is 12.2. The Bertz CT molecular complexity index is 301. The molecule has 1 saturated carbocycles. The van der Waals surface area contributed by atoms with Crippen molar-refractivity contribution in [2.75, 3.05) is 13.1 Å². The van der Waals surface area contributed by atoms with E-state index < -0.39 is 0 Å². The molecule has 2 unspecified atom stereocenters. The van der Waals surface area contributed by atoms with Gasteiger partial charge >= 0.3 is 0 Å². The molecule has 2 rings (SSSR count). The number of amides is 1. The maximum Gasteiger partial charge on any atom is 0.222 e. The number of carbonyl (C=O) groups is 1. The molecule has 1 N–H and O–H groups in total. The highest BCUT2D eigenvalue weighted by Gasteiger charge is 2.29. The summed E-state index contributed by atoms with van der Waals surface area (Å²) in [6.07, 6.45) is 7.04. The van der Waals surface area contributed by atoms with Crippen molar-refractivity contribution < 1.29 is 4.79 Å². The second-order valence-corrected chi connectivity index (χ2v) is 6.97. The molecule has 3 heteroatoms. The van der Waals surface area contributed by atoms with E-state index >= 15 is 0 Å². The van der Waals surface area contributed by atoms with Crippen LogP contribution < -0.4 is 5.32 Å². The predicted molar refractivity (Wildman–Crippen MR) is 74.4 cm³/mol. The van der Waals surface area contributed by atoms with Gasteiger partial charge in [-0.25, -0.2) is 0 Å². The Labute approximate surface area is 111 Å². The third-order valence-electron chi connectivity index (χ3n) is 4.39. The van der Waals surface area contributed by atoms with Gasteiger partial charge in [-0.1, -0.05) is 20.3 Å². The first kappa shape index (κ1) is 13.9. The smallest absolute Gasteiger partial charge is 0.222 e. The van der Waals surface area contributed by atoms with Crippen LogP contribution in [0.1, 0.15) is 59.3 Å². The van der Waals surface area contributed by atoms with Crippen LogP contribution in [0.5, 0.6) is 0 Å². The lowest BCUT2D eigenvalue weighted by atomic mass is 9.75. The fourth-order valence-corrected chi connectivity index (χ4v) is 3.52. The number of carbonyl (C=O) groups excluding carboxylic acids is 1. The highest BCUT2D eigenvalue weighted by atomic mass is 16.2. The SMILES string of the molecule is CC(CN1CCCC1=O)NC1CCCC(C)(C)C1. The molecule has 104 valence electrons. The summed E-state index contributed by atoms with van der Waals surface area (Å²) >= 11 is 0. The first-order valence-corrected chi connectivity index (χ1v) is 7.50. The van der Waals surface area contributed by atoms with Crippen molar-refractivity contribution in [3.8, 4) is 0 Å². The van der Waals surface area contributed by atoms with Crippen molar-refractivity contribution in [3.05, 3.63) is 0 Å². The minimum atomic E-state index is 0.340. The average Bonchev–Trinajstić information content (AvgIpc) is 2.62. The molecular weight excluding hydrogens is 224 g/mol. The van der Waals surface area contributed by atoms with Crippen LogP contribution in [0.2, 0.25) is 0 Å². The molecule has 2 aliphatic rings. The van der Waals surface area contributed by atoms with Gasteiger partial charge in [0.05, 0.1) is 0 Å². The molecular formula is C15H28N2O. The lowest BCUT2D eigenvalue weighted by Gasteiger charge is -2.37. The van der Waals surface area contributed by atoms with Crippen LogP contribution in [0.4, 0.5) is 0 Å². The van der Waals surface area contributed by atoms with Crippen molar-refractivity contribution in [3.63, 3.8) is 0 Å². The Hall–Kier alpha value is -0.570. The molecule has 0 spiro atoms. The molecule has 3 nitrogen and oxygen atoms in total. The van der Waals surface area contributed by atoms with Crippen LogP contribution in [-0.4, -0.2) is 36.0 Å². The van der Waals surface area contributed by atoms with E-state index in [9.17, 15) is 4.79 Å². The van der Waals surface area contributed by atoms with Gasteiger partial charge in [0.2, 0.25) is 5.91 Å². The van der Waals surface area contributed by atoms with E-state index in [0.29, 0.717) is 23.4 Å². The Morgan fingerprint density at radius 1 is 1.44 bits per heavy atom. The first-order chi connectivity index (χ1) is 8.46. The van der Waals surface area contributed by atoms with Gasteiger partial charge in [-0.3, -0.25) is 4.79 Å². The number of nitrogens with zero attached hydrogens (tertiary/aromatic N) is 1. The number of likely N-dealkylation sites (tertiary alicyclic amines) is 1. The third kappa shape index (κ3) is 3.71. The Morgan fingerprint density at radius 2 is 2.22 bits per heavy atom. The summed E-state index contributed by atoms with van der Waals surface area (Å²) in [7, 11) is 0. The lowest BCUT2D eigenvalue weighted by Crippen LogP contribution is -2.46. The molecule has 0 aromatic rings. The molecule has 1 aliphatic heterocycles. The molecule has 0 radical (unpaired) electrons. The zero-order valence-corrected chi connectivity index (χ0v) is 12.2. The fraction of sp³-hybridized carbons (Fsp3) is 0.933. The summed E-state index contributed by atoms with van der Waals surface area (Å²) in [4.78, 5) is 13.6. The van der Waals surface area contributed by atoms with Crippen LogP contribution in [0.25, 0.3) is 0 Å². The Kier molecular flexibility index (Phi) is 4.31. The normalized spacial score (nSPS) is 29.6. The monoisotopic (exact) mass is 252 g/mol. The van der Waals surface area contributed by atoms with E-state index in [2.05, 4.69) is 26.1 Å². The summed E-state index contributed by atoms with van der Waals surface area (Å²) in [5.74, 6) is 0.340. The molecule has 1 amide bonds. The Balaban J connectivity index is 1.76. The van der Waals surface area contributed by atoms with E-state index in [4.69, 9.17) is 0 Å². The lowest BCUT2D eigenvalue weighted by molar-refractivity contribution is -0.128. The van der Waals surface area contributed by atoms with Gasteiger partial charge in [-0.15, -0.1) is 0 Å². The average molecular weight is 252 g/mol. The second-order valence-electron chi connectivity index (χ2n) is 6.97. The van der Waals surface area contributed by atoms with Crippen molar-refractivity contribution in [1.29, 1.82) is 0 Å². The van der Waals surface area contributed by atoms with E-state index in [1.54, 1.807) is 0 Å². The molecule has 2 fully saturated rings. The first-order valence-electron chi connectivity index (χ1n) is 7.50. The van der Waals surface area contributed by atoms with Crippen LogP contribution in [0.3, 0.4) is 0 Å². The van der Waals surface area contributed by atoms with E-state index in [1.165, 1.54) is 25.7 Å². The molecule has 0 bridgehead atoms. The molecule has 18 heavy (non-hydrogen) atoms. The van der Waals surface area contributed by atoms with E-state index in [1.807, 2.05) is 4.90 Å². The van der Waals surface area contributed by atoms with Gasteiger partial charge in [-0.05, 0) is 38.0 Å². The number of rotatable bonds is 4. The number of hydrogen-bond acceptors (Lipinski definition) is 2. The van der Waals surface area contributed by atoms with Gasteiger partial charge in [-0.2, -0.15) is 0 Å². The summed E-state index contributed by atoms with van der Waals surface area (Å²) < 4.78 is 0. The number of nitrogens with one attached hydrogen (secondary N) is 1. The summed E-state index contributed by atoms with van der Waals surface area (Å²) in [5.41, 5.74) is 0.485. The molecule has 1 saturated heterocycles. The Morgan fingerprint density at radius 3 is 2.83 bits per heavy atom. The van der Waals surface area contributed by atoms with Crippen molar-refractivity contribution in [2.45, 2.75) is 71.4 Å². The molecule has 0 aromatic heterocycles. The molecule has 0 aromatic carbocycles. The predicted octanol–water partition coefficient (Wildman–Crippen LogP) is 2.56. The summed E-state index contributed by atoms with van der Waals surface area (Å²) in [6, 6.07) is 1.06. The fourth-order valence-electron chi connectivity index (χ4n) is 3.52. The van der Waals surface area contributed by atoms with Crippen LogP contribution in [0.15, 0.2) is 0 Å². The second kappa shape index (κ2) is 5.60. The highest BCUT2D eigenvalue weighted by Crippen LogP contribution is 2.35. The summed E-state index contributed by atoms with van der Waals surface area (Å²) in [5, 5.41) is 3.73. The van der Waals surface area contributed by atoms with Crippen LogP contribution in [0, 0.1) is 5.41 Å². The highest BCUT2D eigenvalue weighted by molar-refractivity contribution is 5.78. The van der Waals surface area contributed by atoms with Gasteiger partial charge < -0.3 is 10.2 Å². The van der Waals surface area contributed by atoms with E-state index in [-0.39, 0.29) is 0 Å². The summed E-state index contributed by atoms with van der Waals surface area (Å²) in [6.45, 7) is 8.80. The van der Waals surface area contributed by atoms with Gasteiger partial charge in [0.25, 0.3) is 0 Å². The van der Waals surface area contributed by atoms with Gasteiger partial charge in [0.1, 0.15) is 0 Å². The molecule has 2 atom stereocenters. The van der Waals surface area contributed by atoms with E-state index in [0.717, 1.165) is 25.9 Å². The van der Waals surface area contributed by atoms with Gasteiger partial charge in [0.15, 0.2) is 0 Å². The van der Waals surface area contributed by atoms with Crippen molar-refractivity contribution in [1.82, 2.24) is 10.2 Å².